The monoisotopic (exact) mass is 208 g/mol. The number of nitrogens with two attached hydrogens (primary N) is 1. The highest BCUT2D eigenvalue weighted by Gasteiger charge is 2.02. The van der Waals surface area contributed by atoms with Crippen molar-refractivity contribution in [1.82, 2.24) is 29.9 Å². The molecular weight excluding hydrogens is 196 g/mol. The maximum Gasteiger partial charge on any atom is 0.243 e. The number of nitrogens with one attached hydrogen (secondary N) is 2. The predicted molar refractivity (Wildman–Crippen MR) is 54.0 cm³/mol. The number of hydrogen-bond acceptors (Lipinski definition) is 6. The van der Waals surface area contributed by atoms with Gasteiger partial charge in [-0.05, 0) is 0 Å². The molecule has 0 aliphatic rings. The molecule has 0 saturated heterocycles. The van der Waals surface area contributed by atoms with E-state index in [2.05, 4.69) is 30.7 Å². The van der Waals surface area contributed by atoms with Gasteiger partial charge in [0.1, 0.15) is 12.2 Å². The molecule has 0 aliphatic carbocycles. The average molecular weight is 208 g/mol. The zero-order chi connectivity index (χ0) is 10.7. The number of anilines is 2. The second-order valence-corrected chi connectivity index (χ2v) is 3.08. The van der Waals surface area contributed by atoms with Crippen molar-refractivity contribution in [3.05, 3.63) is 12.2 Å². The first-order valence-corrected chi connectivity index (χ1v) is 4.50. The van der Waals surface area contributed by atoms with Gasteiger partial charge in [0.25, 0.3) is 0 Å². The SMILES string of the molecule is Cn1cnnc1CCNc1n[nH]c(N)n1. The van der Waals surface area contributed by atoms with E-state index in [0.717, 1.165) is 12.2 Å². The molecule has 0 radical (unpaired) electrons. The third-order valence-corrected chi connectivity index (χ3v) is 1.94. The lowest BCUT2D eigenvalue weighted by Crippen LogP contribution is -2.09. The highest BCUT2D eigenvalue weighted by Crippen LogP contribution is 1.99. The highest BCUT2D eigenvalue weighted by molar-refractivity contribution is 5.29. The molecule has 2 aromatic heterocycles. The summed E-state index contributed by atoms with van der Waals surface area (Å²) < 4.78 is 1.87. The van der Waals surface area contributed by atoms with Gasteiger partial charge in [0, 0.05) is 20.0 Å². The number of nitrogens with zero attached hydrogens (tertiary/aromatic N) is 5. The van der Waals surface area contributed by atoms with E-state index in [1.165, 1.54) is 0 Å². The van der Waals surface area contributed by atoms with Gasteiger partial charge in [-0.2, -0.15) is 4.98 Å². The van der Waals surface area contributed by atoms with Crippen molar-refractivity contribution in [2.45, 2.75) is 6.42 Å². The van der Waals surface area contributed by atoms with Gasteiger partial charge in [0.2, 0.25) is 11.9 Å². The zero-order valence-corrected chi connectivity index (χ0v) is 8.30. The molecular formula is C7H12N8. The molecule has 0 saturated carbocycles. The first-order valence-electron chi connectivity index (χ1n) is 4.50. The standard InChI is InChI=1S/C7H12N8/c1-15-4-10-12-5(15)2-3-9-7-11-6(8)13-14-7/h4H,2-3H2,1H3,(H4,8,9,11,13,14). The number of aromatic amines is 1. The van der Waals surface area contributed by atoms with Crippen LogP contribution in [0.2, 0.25) is 0 Å². The van der Waals surface area contributed by atoms with Gasteiger partial charge >= 0.3 is 0 Å². The van der Waals surface area contributed by atoms with Crippen molar-refractivity contribution >= 4 is 11.9 Å². The lowest BCUT2D eigenvalue weighted by atomic mass is 10.4. The number of rotatable bonds is 4. The van der Waals surface area contributed by atoms with Crippen LogP contribution in [0.3, 0.4) is 0 Å². The van der Waals surface area contributed by atoms with Gasteiger partial charge in [-0.1, -0.05) is 0 Å². The van der Waals surface area contributed by atoms with E-state index in [4.69, 9.17) is 5.73 Å². The second kappa shape index (κ2) is 3.95. The number of aryl methyl sites for hydroxylation is 1. The van der Waals surface area contributed by atoms with Gasteiger partial charge in [-0.3, -0.25) is 0 Å². The van der Waals surface area contributed by atoms with E-state index in [1.807, 2.05) is 11.6 Å². The van der Waals surface area contributed by atoms with Gasteiger partial charge in [-0.25, -0.2) is 5.10 Å². The van der Waals surface area contributed by atoms with Crippen LogP contribution in [0.25, 0.3) is 0 Å². The Bertz CT molecular complexity index is 430. The summed E-state index contributed by atoms with van der Waals surface area (Å²) in [5, 5.41) is 17.1. The number of nitrogen functional groups attached to an aromatic ring is 1. The minimum atomic E-state index is 0.302. The van der Waals surface area contributed by atoms with Crippen molar-refractivity contribution in [2.24, 2.45) is 7.05 Å². The fraction of sp³-hybridized carbons (Fsp3) is 0.429. The van der Waals surface area contributed by atoms with Crippen LogP contribution in [-0.4, -0.2) is 36.5 Å². The largest absolute Gasteiger partial charge is 0.368 e. The van der Waals surface area contributed by atoms with Crippen molar-refractivity contribution in [3.63, 3.8) is 0 Å². The molecule has 8 nitrogen and oxygen atoms in total. The third kappa shape index (κ3) is 2.22. The molecule has 2 rings (SSSR count). The van der Waals surface area contributed by atoms with Gasteiger partial charge in [-0.15, -0.1) is 15.3 Å². The molecule has 0 aromatic carbocycles. The Morgan fingerprint density at radius 3 is 3.07 bits per heavy atom. The minimum Gasteiger partial charge on any atom is -0.368 e. The zero-order valence-electron chi connectivity index (χ0n) is 8.30. The van der Waals surface area contributed by atoms with Crippen molar-refractivity contribution < 1.29 is 0 Å². The summed E-state index contributed by atoms with van der Waals surface area (Å²) in [5.74, 6) is 1.71. The molecule has 0 bridgehead atoms. The predicted octanol–water partition coefficient (Wildman–Crippen LogP) is -0.830. The molecule has 0 aliphatic heterocycles. The molecule has 0 unspecified atom stereocenters. The first-order chi connectivity index (χ1) is 7.25. The Morgan fingerprint density at radius 2 is 2.47 bits per heavy atom. The fourth-order valence-electron chi connectivity index (χ4n) is 1.17. The van der Waals surface area contributed by atoms with Gasteiger partial charge in [0.05, 0.1) is 0 Å². The van der Waals surface area contributed by atoms with E-state index < -0.39 is 0 Å². The smallest absolute Gasteiger partial charge is 0.243 e. The lowest BCUT2D eigenvalue weighted by molar-refractivity contribution is 0.786. The van der Waals surface area contributed by atoms with Crippen LogP contribution in [0, 0.1) is 0 Å². The van der Waals surface area contributed by atoms with Crippen LogP contribution in [0.1, 0.15) is 5.82 Å². The minimum absolute atomic E-state index is 0.302. The topological polar surface area (TPSA) is 110 Å². The summed E-state index contributed by atoms with van der Waals surface area (Å²) in [4.78, 5) is 3.91. The van der Waals surface area contributed by atoms with Gasteiger partial charge in [0.15, 0.2) is 0 Å². The molecule has 2 aromatic rings. The van der Waals surface area contributed by atoms with Crippen molar-refractivity contribution in [2.75, 3.05) is 17.6 Å². The van der Waals surface area contributed by atoms with Crippen molar-refractivity contribution in [1.29, 1.82) is 0 Å². The summed E-state index contributed by atoms with van der Waals surface area (Å²) in [5.41, 5.74) is 5.37. The normalized spacial score (nSPS) is 10.5. The molecule has 0 spiro atoms. The molecule has 2 heterocycles. The van der Waals surface area contributed by atoms with Crippen LogP contribution >= 0.6 is 0 Å². The van der Waals surface area contributed by atoms with Crippen LogP contribution in [-0.2, 0) is 13.5 Å². The molecule has 0 atom stereocenters. The lowest BCUT2D eigenvalue weighted by Gasteiger charge is -2.00. The van der Waals surface area contributed by atoms with Crippen LogP contribution in [0.15, 0.2) is 6.33 Å². The van der Waals surface area contributed by atoms with E-state index in [0.29, 0.717) is 18.4 Å². The first kappa shape index (κ1) is 9.44. The molecule has 15 heavy (non-hydrogen) atoms. The van der Waals surface area contributed by atoms with Gasteiger partial charge < -0.3 is 15.6 Å². The number of aromatic nitrogens is 6. The Balaban J connectivity index is 1.83. The van der Waals surface area contributed by atoms with Crippen molar-refractivity contribution in [3.8, 4) is 0 Å². The number of hydrogen-bond donors (Lipinski definition) is 3. The Hall–Kier alpha value is -2.12. The average Bonchev–Trinajstić information content (AvgIpc) is 2.77. The van der Waals surface area contributed by atoms with Crippen LogP contribution in [0.5, 0.6) is 0 Å². The molecule has 4 N–H and O–H groups in total. The van der Waals surface area contributed by atoms with Crippen LogP contribution < -0.4 is 11.1 Å². The Kier molecular flexibility index (Phi) is 2.48. The Morgan fingerprint density at radius 1 is 1.60 bits per heavy atom. The maximum atomic E-state index is 5.37. The molecule has 80 valence electrons. The fourth-order valence-corrected chi connectivity index (χ4v) is 1.17. The van der Waals surface area contributed by atoms with Crippen LogP contribution in [0.4, 0.5) is 11.9 Å². The summed E-state index contributed by atoms with van der Waals surface area (Å²) in [6.45, 7) is 0.684. The van der Waals surface area contributed by atoms with E-state index in [-0.39, 0.29) is 0 Å². The van der Waals surface area contributed by atoms with E-state index in [9.17, 15) is 0 Å². The maximum absolute atomic E-state index is 5.37. The quantitative estimate of drug-likeness (QED) is 0.605. The molecule has 0 fully saturated rings. The molecule has 8 heteroatoms. The summed E-state index contributed by atoms with van der Waals surface area (Å²) in [7, 11) is 1.90. The Labute approximate surface area is 85.9 Å². The molecule has 0 amide bonds. The van der Waals surface area contributed by atoms with E-state index in [1.54, 1.807) is 6.33 Å². The number of H-pyrrole nitrogens is 1. The summed E-state index contributed by atoms with van der Waals surface area (Å²) in [6, 6.07) is 0. The highest BCUT2D eigenvalue weighted by atomic mass is 15.3. The van der Waals surface area contributed by atoms with E-state index >= 15 is 0 Å². The second-order valence-electron chi connectivity index (χ2n) is 3.08. The third-order valence-electron chi connectivity index (χ3n) is 1.94. The summed E-state index contributed by atoms with van der Waals surface area (Å²) >= 11 is 0. The summed E-state index contributed by atoms with van der Waals surface area (Å²) in [6.07, 6.45) is 2.42.